The number of carbonyl (C=O) groups excluding carboxylic acids is 1. The largest absolute Gasteiger partial charge is 0.480 e. The second-order valence-corrected chi connectivity index (χ2v) is 8.19. The SMILES string of the molecule is O=C(O)C1Cc2ccc(Br)cc2CN1C(=O)c1ccc(-c2ccsc2)cc1. The predicted molar refractivity (Wildman–Crippen MR) is 109 cm³/mol. The number of hydrogen-bond donors (Lipinski definition) is 1. The van der Waals surface area contributed by atoms with Gasteiger partial charge in [0.25, 0.3) is 5.91 Å². The predicted octanol–water partition coefficient (Wildman–Crippen LogP) is 4.83. The molecule has 0 fully saturated rings. The van der Waals surface area contributed by atoms with Crippen molar-refractivity contribution in [1.82, 2.24) is 4.90 Å². The van der Waals surface area contributed by atoms with Crippen molar-refractivity contribution in [2.45, 2.75) is 19.0 Å². The third kappa shape index (κ3) is 3.55. The third-order valence-corrected chi connectivity index (χ3v) is 6.01. The molecule has 2 aromatic carbocycles. The molecule has 1 amide bonds. The molecule has 1 aliphatic rings. The van der Waals surface area contributed by atoms with Crippen molar-refractivity contribution in [2.24, 2.45) is 0 Å². The van der Waals surface area contributed by atoms with Crippen LogP contribution in [0.25, 0.3) is 11.1 Å². The van der Waals surface area contributed by atoms with E-state index >= 15 is 0 Å². The fourth-order valence-corrected chi connectivity index (χ4v) is 4.46. The van der Waals surface area contributed by atoms with Crippen molar-refractivity contribution in [2.75, 3.05) is 0 Å². The summed E-state index contributed by atoms with van der Waals surface area (Å²) in [6.07, 6.45) is 0.316. The number of thiophene rings is 1. The number of carboxylic acids is 1. The highest BCUT2D eigenvalue weighted by atomic mass is 79.9. The maximum Gasteiger partial charge on any atom is 0.326 e. The van der Waals surface area contributed by atoms with E-state index in [-0.39, 0.29) is 12.5 Å². The Morgan fingerprint density at radius 1 is 1.04 bits per heavy atom. The number of benzene rings is 2. The number of carboxylic acid groups (broad SMARTS) is 1. The van der Waals surface area contributed by atoms with Gasteiger partial charge in [-0.2, -0.15) is 11.3 Å². The van der Waals surface area contributed by atoms with Gasteiger partial charge in [0.15, 0.2) is 0 Å². The molecule has 4 rings (SSSR count). The van der Waals surface area contributed by atoms with Crippen molar-refractivity contribution >= 4 is 39.1 Å². The quantitative estimate of drug-likeness (QED) is 0.632. The maximum absolute atomic E-state index is 13.1. The van der Waals surface area contributed by atoms with Crippen LogP contribution in [0.4, 0.5) is 0 Å². The van der Waals surface area contributed by atoms with Gasteiger partial charge in [-0.1, -0.05) is 34.1 Å². The van der Waals surface area contributed by atoms with Gasteiger partial charge < -0.3 is 10.0 Å². The Morgan fingerprint density at radius 3 is 2.48 bits per heavy atom. The summed E-state index contributed by atoms with van der Waals surface area (Å²) in [5, 5.41) is 13.7. The second-order valence-electron chi connectivity index (χ2n) is 6.49. The second kappa shape index (κ2) is 7.29. The van der Waals surface area contributed by atoms with E-state index in [0.717, 1.165) is 26.7 Å². The molecular weight excluding hydrogens is 426 g/mol. The first-order valence-electron chi connectivity index (χ1n) is 8.46. The molecule has 1 atom stereocenters. The molecule has 0 saturated heterocycles. The molecule has 27 heavy (non-hydrogen) atoms. The molecular formula is C21H16BrNO3S. The number of fused-ring (bicyclic) bond motifs is 1. The molecule has 1 N–H and O–H groups in total. The number of halogens is 1. The number of aliphatic carboxylic acids is 1. The first-order chi connectivity index (χ1) is 13.0. The highest BCUT2D eigenvalue weighted by Crippen LogP contribution is 2.28. The zero-order valence-corrected chi connectivity index (χ0v) is 16.7. The lowest BCUT2D eigenvalue weighted by Gasteiger charge is -2.34. The number of nitrogens with zero attached hydrogens (tertiary/aromatic N) is 1. The molecule has 4 nitrogen and oxygen atoms in total. The summed E-state index contributed by atoms with van der Waals surface area (Å²) in [7, 11) is 0. The van der Waals surface area contributed by atoms with E-state index < -0.39 is 12.0 Å². The average Bonchev–Trinajstić information content (AvgIpc) is 3.21. The van der Waals surface area contributed by atoms with E-state index in [1.54, 1.807) is 23.5 Å². The fourth-order valence-electron chi connectivity index (χ4n) is 3.39. The first kappa shape index (κ1) is 17.9. The number of amides is 1. The van der Waals surface area contributed by atoms with E-state index in [0.29, 0.717) is 12.0 Å². The topological polar surface area (TPSA) is 57.6 Å². The lowest BCUT2D eigenvalue weighted by molar-refractivity contribution is -0.142. The van der Waals surface area contributed by atoms with Crippen LogP contribution in [0.1, 0.15) is 21.5 Å². The Kier molecular flexibility index (Phi) is 4.85. The van der Waals surface area contributed by atoms with Crippen molar-refractivity contribution in [3.8, 4) is 11.1 Å². The standard InChI is InChI=1S/C21H16BrNO3S/c22-18-6-5-15-10-19(21(25)26)23(11-17(15)9-18)20(24)14-3-1-13(2-4-14)16-7-8-27-12-16/h1-9,12,19H,10-11H2,(H,25,26). The molecule has 1 unspecified atom stereocenters. The molecule has 6 heteroatoms. The van der Waals surface area contributed by atoms with Crippen LogP contribution in [-0.4, -0.2) is 27.9 Å². The van der Waals surface area contributed by atoms with Gasteiger partial charge in [-0.3, -0.25) is 4.79 Å². The summed E-state index contributed by atoms with van der Waals surface area (Å²) in [6.45, 7) is 0.289. The Labute approximate surface area is 169 Å². The minimum Gasteiger partial charge on any atom is -0.480 e. The molecule has 0 bridgehead atoms. The van der Waals surface area contributed by atoms with Crippen molar-refractivity contribution in [3.63, 3.8) is 0 Å². The lowest BCUT2D eigenvalue weighted by atomic mass is 9.93. The Bertz CT molecular complexity index is 999. The Balaban J connectivity index is 1.64. The molecule has 0 saturated carbocycles. The summed E-state index contributed by atoms with van der Waals surface area (Å²) in [5.74, 6) is -1.24. The van der Waals surface area contributed by atoms with Crippen LogP contribution < -0.4 is 0 Å². The van der Waals surface area contributed by atoms with Crippen LogP contribution in [0.3, 0.4) is 0 Å². The summed E-state index contributed by atoms with van der Waals surface area (Å²) in [5.41, 5.74) is 4.60. The van der Waals surface area contributed by atoms with Crippen LogP contribution in [0.2, 0.25) is 0 Å². The number of carbonyl (C=O) groups is 2. The van der Waals surface area contributed by atoms with E-state index in [2.05, 4.69) is 21.3 Å². The van der Waals surface area contributed by atoms with Crippen LogP contribution in [0.15, 0.2) is 63.8 Å². The van der Waals surface area contributed by atoms with Gasteiger partial charge >= 0.3 is 5.97 Å². The molecule has 2 heterocycles. The Hall–Kier alpha value is -2.44. The van der Waals surface area contributed by atoms with Gasteiger partial charge in [-0.05, 0) is 63.3 Å². The zero-order valence-electron chi connectivity index (χ0n) is 14.3. The highest BCUT2D eigenvalue weighted by molar-refractivity contribution is 9.10. The zero-order chi connectivity index (χ0) is 19.0. The summed E-state index contributed by atoms with van der Waals surface area (Å²) < 4.78 is 0.919. The average molecular weight is 442 g/mol. The van der Waals surface area contributed by atoms with E-state index in [1.165, 1.54) is 4.90 Å². The van der Waals surface area contributed by atoms with Crippen LogP contribution in [0, 0.1) is 0 Å². The lowest BCUT2D eigenvalue weighted by Crippen LogP contribution is -2.48. The van der Waals surface area contributed by atoms with Gasteiger partial charge in [0.05, 0.1) is 0 Å². The summed E-state index contributed by atoms with van der Waals surface area (Å²) in [4.78, 5) is 26.3. The van der Waals surface area contributed by atoms with E-state index in [9.17, 15) is 14.7 Å². The van der Waals surface area contributed by atoms with Crippen molar-refractivity contribution in [1.29, 1.82) is 0 Å². The minimum absolute atomic E-state index is 0.259. The molecule has 1 aliphatic heterocycles. The monoisotopic (exact) mass is 441 g/mol. The molecule has 0 radical (unpaired) electrons. The Morgan fingerprint density at radius 2 is 1.81 bits per heavy atom. The van der Waals surface area contributed by atoms with Crippen LogP contribution >= 0.6 is 27.3 Å². The summed E-state index contributed by atoms with van der Waals surface area (Å²) >= 11 is 5.07. The molecule has 136 valence electrons. The smallest absolute Gasteiger partial charge is 0.326 e. The molecule has 1 aromatic heterocycles. The normalized spacial score (nSPS) is 16.0. The maximum atomic E-state index is 13.1. The van der Waals surface area contributed by atoms with Gasteiger partial charge in [0, 0.05) is 23.0 Å². The van der Waals surface area contributed by atoms with Crippen molar-refractivity contribution in [3.05, 3.63) is 80.5 Å². The third-order valence-electron chi connectivity index (χ3n) is 4.83. The molecule has 0 aliphatic carbocycles. The number of rotatable bonds is 3. The minimum atomic E-state index is -0.980. The molecule has 0 spiro atoms. The summed E-state index contributed by atoms with van der Waals surface area (Å²) in [6, 6.07) is 14.3. The van der Waals surface area contributed by atoms with Crippen LogP contribution in [-0.2, 0) is 17.8 Å². The van der Waals surface area contributed by atoms with E-state index in [1.807, 2.05) is 41.8 Å². The van der Waals surface area contributed by atoms with Gasteiger partial charge in [0.2, 0.25) is 0 Å². The molecule has 3 aromatic rings. The van der Waals surface area contributed by atoms with Gasteiger partial charge in [-0.15, -0.1) is 0 Å². The van der Waals surface area contributed by atoms with Crippen molar-refractivity contribution < 1.29 is 14.7 Å². The highest BCUT2D eigenvalue weighted by Gasteiger charge is 2.35. The first-order valence-corrected chi connectivity index (χ1v) is 10.2. The van der Waals surface area contributed by atoms with E-state index in [4.69, 9.17) is 0 Å². The number of hydrogen-bond acceptors (Lipinski definition) is 3. The van der Waals surface area contributed by atoms with Gasteiger partial charge in [0.1, 0.15) is 6.04 Å². The fraction of sp³-hybridized carbons (Fsp3) is 0.143. The van der Waals surface area contributed by atoms with Crippen LogP contribution in [0.5, 0.6) is 0 Å². The van der Waals surface area contributed by atoms with Gasteiger partial charge in [-0.25, -0.2) is 4.79 Å².